The molecule has 0 radical (unpaired) electrons. The van der Waals surface area contributed by atoms with Crippen molar-refractivity contribution in [2.75, 3.05) is 44.8 Å². The Balaban J connectivity index is 0.881. The number of hydrogen-bond acceptors (Lipinski definition) is 11. The van der Waals surface area contributed by atoms with Crippen LogP contribution in [-0.2, 0) is 30.4 Å². The smallest absolute Gasteiger partial charge is 0.246 e. The number of carbonyl (C=O) groups excluding carboxylic acids is 3. The summed E-state index contributed by atoms with van der Waals surface area (Å²) >= 11 is 9.31. The number of likely N-dealkylation sites (tertiary alicyclic amines) is 1. The third-order valence-electron chi connectivity index (χ3n) is 9.61. The lowest BCUT2D eigenvalue weighted by molar-refractivity contribution is -0.144. The minimum absolute atomic E-state index is 0.00852. The predicted octanol–water partition coefficient (Wildman–Crippen LogP) is 6.69. The number of aromatic nitrogens is 2. The number of fused-ring (bicyclic) bond motifs is 1. The van der Waals surface area contributed by atoms with Crippen LogP contribution < -0.4 is 16.0 Å². The summed E-state index contributed by atoms with van der Waals surface area (Å²) < 4.78 is 12.4. The number of anilines is 1. The van der Waals surface area contributed by atoms with Gasteiger partial charge in [-0.3, -0.25) is 14.4 Å². The molecule has 3 aromatic carbocycles. The maximum Gasteiger partial charge on any atom is 0.246 e. The molecule has 2 aromatic heterocycles. The van der Waals surface area contributed by atoms with E-state index in [4.69, 9.17) is 26.1 Å². The molecule has 3 atom stereocenters. The van der Waals surface area contributed by atoms with Crippen molar-refractivity contribution in [3.05, 3.63) is 88.5 Å². The number of β-amino-alcohol motifs (C(OH)–C–C–N with tert-alkyl or cyclic N) is 1. The van der Waals surface area contributed by atoms with E-state index in [1.807, 2.05) is 99.9 Å². The molecule has 4 N–H and O–H groups in total. The Kier molecular flexibility index (Phi) is 14.3. The van der Waals surface area contributed by atoms with Crippen LogP contribution in [0.1, 0.15) is 44.9 Å². The topological polar surface area (TPSA) is 155 Å². The number of nitrogens with one attached hydrogen (secondary N) is 3. The second-order valence-electron chi connectivity index (χ2n) is 15.1. The number of aliphatic hydroxyl groups excluding tert-OH is 1. The third-order valence-corrected chi connectivity index (χ3v) is 11.9. The number of thiazole rings is 2. The Bertz CT molecular complexity index is 2140. The van der Waals surface area contributed by atoms with Crippen molar-refractivity contribution in [2.24, 2.45) is 5.41 Å². The van der Waals surface area contributed by atoms with Gasteiger partial charge in [-0.1, -0.05) is 56.6 Å². The molecule has 1 aliphatic heterocycles. The third kappa shape index (κ3) is 11.4. The Labute approximate surface area is 346 Å². The van der Waals surface area contributed by atoms with Crippen LogP contribution in [0.4, 0.5) is 5.69 Å². The number of ether oxygens (including phenoxy) is 2. The summed E-state index contributed by atoms with van der Waals surface area (Å²) in [4.78, 5) is 51.8. The maximum absolute atomic E-state index is 13.9. The van der Waals surface area contributed by atoms with Crippen molar-refractivity contribution in [3.63, 3.8) is 0 Å². The van der Waals surface area contributed by atoms with E-state index in [9.17, 15) is 19.5 Å². The van der Waals surface area contributed by atoms with Crippen LogP contribution in [0.25, 0.3) is 31.2 Å². The number of hydrogen-bond donors (Lipinski definition) is 4. The minimum atomic E-state index is -0.910. The summed E-state index contributed by atoms with van der Waals surface area (Å²) in [5, 5.41) is 21.3. The lowest BCUT2D eigenvalue weighted by atomic mass is 9.85. The van der Waals surface area contributed by atoms with E-state index < -0.39 is 29.5 Å². The number of halogens is 1. The lowest BCUT2D eigenvalue weighted by Crippen LogP contribution is -2.57. The van der Waals surface area contributed by atoms with Gasteiger partial charge in [0.05, 0.1) is 58.8 Å². The molecule has 0 spiro atoms. The van der Waals surface area contributed by atoms with Gasteiger partial charge in [0.25, 0.3) is 0 Å². The fourth-order valence-electron chi connectivity index (χ4n) is 6.52. The summed E-state index contributed by atoms with van der Waals surface area (Å²) in [6.45, 7) is 9.75. The van der Waals surface area contributed by atoms with E-state index in [0.29, 0.717) is 31.4 Å². The van der Waals surface area contributed by atoms with Gasteiger partial charge in [0.2, 0.25) is 17.7 Å². The molecular weight excluding hydrogens is 784 g/mol. The number of aryl methyl sites for hydroxylation is 1. The first-order valence-electron chi connectivity index (χ1n) is 19.0. The second-order valence-corrected chi connectivity index (χ2v) is 17.4. The molecule has 302 valence electrons. The van der Waals surface area contributed by atoms with Gasteiger partial charge >= 0.3 is 0 Å². The van der Waals surface area contributed by atoms with Gasteiger partial charge in [0.15, 0.2) is 0 Å². The van der Waals surface area contributed by atoms with Crippen molar-refractivity contribution in [3.8, 4) is 21.0 Å². The molecule has 0 unspecified atom stereocenters. The van der Waals surface area contributed by atoms with Gasteiger partial charge in [-0.15, -0.1) is 22.7 Å². The highest BCUT2D eigenvalue weighted by Gasteiger charge is 2.44. The zero-order valence-electron chi connectivity index (χ0n) is 32.5. The Morgan fingerprint density at radius 2 is 1.70 bits per heavy atom. The predicted molar refractivity (Wildman–Crippen MR) is 226 cm³/mol. The number of nitrogens with zero attached hydrogens (tertiary/aromatic N) is 3. The van der Waals surface area contributed by atoms with E-state index in [1.54, 1.807) is 22.7 Å². The average molecular weight is 833 g/mol. The fraction of sp³-hybridized carbons (Fsp3) is 0.405. The molecule has 0 aliphatic carbocycles. The standard InChI is InChI=1S/C42H49ClN6O6S2/c1-26-37(56-25-46-26)28-7-5-27(6-8-28)23-45-39(52)34-22-32(50)24-49(34)41(53)38(42(2,3)4)48-36(51)15-17-54-19-20-55-18-16-44-31-12-9-29(10-13-31)40-47-33-21-30(43)11-14-35(33)57-40/h5-14,21,25,32,34,38,44,50H,15-20,22-24H2,1-4H3,(H,45,52)(H,48,51)/t32-,34+,38-/m1/s1. The van der Waals surface area contributed by atoms with Crippen LogP contribution in [0.15, 0.2) is 72.2 Å². The maximum atomic E-state index is 13.9. The van der Waals surface area contributed by atoms with Gasteiger partial charge in [-0.05, 0) is 65.9 Å². The van der Waals surface area contributed by atoms with E-state index in [-0.39, 0.29) is 44.4 Å². The van der Waals surface area contributed by atoms with Crippen molar-refractivity contribution < 1.29 is 29.0 Å². The molecule has 12 nitrogen and oxygen atoms in total. The zero-order valence-corrected chi connectivity index (χ0v) is 34.9. The normalized spacial score (nSPS) is 16.1. The molecule has 1 aliphatic rings. The van der Waals surface area contributed by atoms with Gasteiger partial charge in [-0.25, -0.2) is 9.97 Å². The average Bonchev–Trinajstić information content (AvgIpc) is 3.93. The molecule has 15 heteroatoms. The van der Waals surface area contributed by atoms with Gasteiger partial charge in [0, 0.05) is 48.7 Å². The molecule has 3 amide bonds. The summed E-state index contributed by atoms with van der Waals surface area (Å²) in [5.41, 5.74) is 7.00. The van der Waals surface area contributed by atoms with Crippen LogP contribution in [0.2, 0.25) is 5.02 Å². The summed E-state index contributed by atoms with van der Waals surface area (Å²) in [7, 11) is 0. The highest BCUT2D eigenvalue weighted by atomic mass is 35.5. The Morgan fingerprint density at radius 3 is 2.40 bits per heavy atom. The Morgan fingerprint density at radius 1 is 0.982 bits per heavy atom. The number of rotatable bonds is 17. The molecule has 3 heterocycles. The van der Waals surface area contributed by atoms with E-state index in [2.05, 4.69) is 20.9 Å². The molecule has 1 saturated heterocycles. The molecule has 6 rings (SSSR count). The van der Waals surface area contributed by atoms with Crippen LogP contribution in [0.5, 0.6) is 0 Å². The number of aliphatic hydroxyl groups is 1. The highest BCUT2D eigenvalue weighted by molar-refractivity contribution is 7.21. The molecule has 0 bridgehead atoms. The van der Waals surface area contributed by atoms with Crippen molar-refractivity contribution >= 4 is 67.9 Å². The van der Waals surface area contributed by atoms with Crippen LogP contribution in [-0.4, -0.2) is 95.4 Å². The zero-order chi connectivity index (χ0) is 40.5. The van der Waals surface area contributed by atoms with E-state index in [0.717, 1.165) is 48.2 Å². The molecular formula is C42H49ClN6O6S2. The number of amides is 3. The van der Waals surface area contributed by atoms with Gasteiger partial charge in [0.1, 0.15) is 17.1 Å². The van der Waals surface area contributed by atoms with Crippen LogP contribution >= 0.6 is 34.3 Å². The number of carbonyl (C=O) groups is 3. The molecule has 5 aromatic rings. The second kappa shape index (κ2) is 19.3. The first-order valence-corrected chi connectivity index (χ1v) is 21.0. The SMILES string of the molecule is Cc1ncsc1-c1ccc(CNC(=O)[C@@H]2C[C@@H](O)CN2C(=O)[C@@H](NC(=O)CCOCCOCCNc2ccc(-c3nc4cc(Cl)ccc4s3)cc2)C(C)(C)C)cc1. The fourth-order valence-corrected chi connectivity index (χ4v) is 8.45. The summed E-state index contributed by atoms with van der Waals surface area (Å²) in [6.07, 6.45) is -0.679. The van der Waals surface area contributed by atoms with Gasteiger partial charge < -0.3 is 35.4 Å². The molecule has 57 heavy (non-hydrogen) atoms. The van der Waals surface area contributed by atoms with Crippen LogP contribution in [0, 0.1) is 12.3 Å². The van der Waals surface area contributed by atoms with E-state index >= 15 is 0 Å². The first-order chi connectivity index (χ1) is 27.4. The minimum Gasteiger partial charge on any atom is -0.391 e. The summed E-state index contributed by atoms with van der Waals surface area (Å²) in [5.74, 6) is -1.10. The highest BCUT2D eigenvalue weighted by Crippen LogP contribution is 2.32. The van der Waals surface area contributed by atoms with Crippen molar-refractivity contribution in [1.29, 1.82) is 0 Å². The van der Waals surface area contributed by atoms with Crippen molar-refractivity contribution in [2.45, 2.75) is 65.3 Å². The molecule has 0 saturated carbocycles. The van der Waals surface area contributed by atoms with Crippen molar-refractivity contribution in [1.82, 2.24) is 25.5 Å². The van der Waals surface area contributed by atoms with Gasteiger partial charge in [-0.2, -0.15) is 0 Å². The monoisotopic (exact) mass is 832 g/mol. The lowest BCUT2D eigenvalue weighted by Gasteiger charge is -2.35. The first kappa shape index (κ1) is 42.2. The quantitative estimate of drug-likeness (QED) is 0.0751. The van der Waals surface area contributed by atoms with E-state index in [1.165, 1.54) is 4.90 Å². The van der Waals surface area contributed by atoms with Crippen LogP contribution in [0.3, 0.4) is 0 Å². The Hall–Kier alpha value is -4.44. The largest absolute Gasteiger partial charge is 0.391 e. The molecule has 1 fully saturated rings. The number of benzene rings is 3. The summed E-state index contributed by atoms with van der Waals surface area (Å²) in [6, 6.07) is 20.0.